The molecule has 0 bridgehead atoms. The highest BCUT2D eigenvalue weighted by Crippen LogP contribution is 2.29. The summed E-state index contributed by atoms with van der Waals surface area (Å²) in [6.07, 6.45) is 4.35. The first-order valence-electron chi connectivity index (χ1n) is 10.5. The monoisotopic (exact) mass is 447 g/mol. The van der Waals surface area contributed by atoms with Crippen molar-refractivity contribution in [1.29, 1.82) is 0 Å². The summed E-state index contributed by atoms with van der Waals surface area (Å²) in [7, 11) is -0.288. The summed E-state index contributed by atoms with van der Waals surface area (Å²) in [5.74, 6) is 0.551. The number of aryl methyl sites for hydroxylation is 1. The number of ether oxygens (including phenoxy) is 1. The molecule has 1 atom stereocenters. The molecule has 3 heterocycles. The molecule has 2 aliphatic rings. The van der Waals surface area contributed by atoms with E-state index in [1.165, 1.54) is 16.8 Å². The van der Waals surface area contributed by atoms with E-state index < -0.39 is 10.0 Å². The van der Waals surface area contributed by atoms with E-state index in [1.54, 1.807) is 18.7 Å². The quantitative estimate of drug-likeness (QED) is 0.684. The zero-order chi connectivity index (χ0) is 22.0. The van der Waals surface area contributed by atoms with Crippen LogP contribution in [0.3, 0.4) is 0 Å². The number of rotatable bonds is 5. The first-order valence-corrected chi connectivity index (χ1v) is 12.0. The van der Waals surface area contributed by atoms with Crippen molar-refractivity contribution in [2.24, 2.45) is 13.0 Å². The molecule has 0 radical (unpaired) electrons. The van der Waals surface area contributed by atoms with E-state index >= 15 is 0 Å². The second-order valence-electron chi connectivity index (χ2n) is 8.06. The van der Waals surface area contributed by atoms with Gasteiger partial charge in [-0.25, -0.2) is 13.4 Å². The van der Waals surface area contributed by atoms with Gasteiger partial charge in [-0.2, -0.15) is 4.31 Å². The molecule has 1 aromatic carbocycles. The zero-order valence-electron chi connectivity index (χ0n) is 18.0. The van der Waals surface area contributed by atoms with Crippen LogP contribution in [0, 0.1) is 5.92 Å². The molecule has 9 nitrogen and oxygen atoms in total. The molecule has 1 aromatic heterocycles. The number of anilines is 1. The zero-order valence-corrected chi connectivity index (χ0v) is 18.8. The van der Waals surface area contributed by atoms with Crippen molar-refractivity contribution < 1.29 is 17.9 Å². The Morgan fingerprint density at radius 1 is 1.13 bits per heavy atom. The SMILES string of the molecule is COc1ccccc1N1CCN(C(=O)C2CCCN(S(=O)(=O)c3cn(C)cn3)C2)CC1. The van der Waals surface area contributed by atoms with Crippen molar-refractivity contribution in [3.05, 3.63) is 36.8 Å². The van der Waals surface area contributed by atoms with Crippen molar-refractivity contribution in [2.45, 2.75) is 17.9 Å². The van der Waals surface area contributed by atoms with Gasteiger partial charge in [-0.1, -0.05) is 12.1 Å². The van der Waals surface area contributed by atoms with Crippen molar-refractivity contribution in [2.75, 3.05) is 51.3 Å². The third-order valence-electron chi connectivity index (χ3n) is 6.04. The maximum Gasteiger partial charge on any atom is 0.262 e. The number of nitrogens with zero attached hydrogens (tertiary/aromatic N) is 5. The van der Waals surface area contributed by atoms with Crippen LogP contribution in [0.5, 0.6) is 5.75 Å². The van der Waals surface area contributed by atoms with Crippen LogP contribution in [0.25, 0.3) is 0 Å². The van der Waals surface area contributed by atoms with Gasteiger partial charge in [0.15, 0.2) is 5.03 Å². The molecule has 0 saturated carbocycles. The molecule has 2 aliphatic heterocycles. The number of para-hydroxylation sites is 2. The number of methoxy groups -OCH3 is 1. The molecular weight excluding hydrogens is 418 g/mol. The number of piperidine rings is 1. The summed E-state index contributed by atoms with van der Waals surface area (Å²) in [5, 5.41) is 0.0357. The van der Waals surface area contributed by atoms with E-state index in [2.05, 4.69) is 9.88 Å². The van der Waals surface area contributed by atoms with E-state index in [9.17, 15) is 13.2 Å². The van der Waals surface area contributed by atoms with Crippen LogP contribution in [0.2, 0.25) is 0 Å². The van der Waals surface area contributed by atoms with Gasteiger partial charge in [0, 0.05) is 52.5 Å². The number of amides is 1. The molecule has 0 aliphatic carbocycles. The fourth-order valence-electron chi connectivity index (χ4n) is 4.33. The minimum Gasteiger partial charge on any atom is -0.495 e. The molecule has 0 N–H and O–H groups in total. The van der Waals surface area contributed by atoms with Crippen LogP contribution in [0.1, 0.15) is 12.8 Å². The van der Waals surface area contributed by atoms with Gasteiger partial charge in [0.1, 0.15) is 5.75 Å². The Kier molecular flexibility index (Phi) is 6.19. The number of hydrogen-bond acceptors (Lipinski definition) is 6. The maximum absolute atomic E-state index is 13.2. The van der Waals surface area contributed by atoms with E-state index in [1.807, 2.05) is 29.2 Å². The predicted octanol–water partition coefficient (Wildman–Crippen LogP) is 1.18. The molecular formula is C21H29N5O4S. The lowest BCUT2D eigenvalue weighted by atomic mass is 9.97. The number of aromatic nitrogens is 2. The largest absolute Gasteiger partial charge is 0.495 e. The minimum atomic E-state index is -3.68. The lowest BCUT2D eigenvalue weighted by Crippen LogP contribution is -2.53. The Bertz CT molecular complexity index is 1030. The second kappa shape index (κ2) is 8.88. The first kappa shape index (κ1) is 21.6. The number of carbonyl (C=O) groups is 1. The van der Waals surface area contributed by atoms with Gasteiger partial charge in [0.25, 0.3) is 10.0 Å². The average Bonchev–Trinajstić information content (AvgIpc) is 3.26. The lowest BCUT2D eigenvalue weighted by Gasteiger charge is -2.39. The van der Waals surface area contributed by atoms with Gasteiger partial charge >= 0.3 is 0 Å². The van der Waals surface area contributed by atoms with Gasteiger partial charge in [-0.3, -0.25) is 4.79 Å². The molecule has 1 amide bonds. The fourth-order valence-corrected chi connectivity index (χ4v) is 5.82. The van der Waals surface area contributed by atoms with E-state index in [0.717, 1.165) is 24.5 Å². The van der Waals surface area contributed by atoms with Crippen molar-refractivity contribution >= 4 is 21.6 Å². The third-order valence-corrected chi connectivity index (χ3v) is 7.79. The Morgan fingerprint density at radius 2 is 1.87 bits per heavy atom. The Hall–Kier alpha value is -2.59. The number of benzene rings is 1. The van der Waals surface area contributed by atoms with Gasteiger partial charge in [0.2, 0.25) is 5.91 Å². The standard InChI is InChI=1S/C21H29N5O4S/c1-23-15-20(22-16-23)31(28,29)26-9-5-6-17(14-26)21(27)25-12-10-24(11-13-25)18-7-3-4-8-19(18)30-2/h3-4,7-8,15-17H,5-6,9-14H2,1-2H3. The van der Waals surface area contributed by atoms with Crippen LogP contribution >= 0.6 is 0 Å². The number of carbonyl (C=O) groups excluding carboxylic acids is 1. The molecule has 0 spiro atoms. The predicted molar refractivity (Wildman–Crippen MR) is 116 cm³/mol. The molecule has 31 heavy (non-hydrogen) atoms. The number of hydrogen-bond donors (Lipinski definition) is 0. The molecule has 10 heteroatoms. The Morgan fingerprint density at radius 3 is 2.55 bits per heavy atom. The van der Waals surface area contributed by atoms with E-state index in [4.69, 9.17) is 4.74 Å². The second-order valence-corrected chi connectivity index (χ2v) is 9.95. The fraction of sp³-hybridized carbons (Fsp3) is 0.524. The average molecular weight is 448 g/mol. The van der Waals surface area contributed by atoms with Crippen LogP contribution < -0.4 is 9.64 Å². The highest BCUT2D eigenvalue weighted by Gasteiger charge is 2.36. The Balaban J connectivity index is 1.39. The van der Waals surface area contributed by atoms with E-state index in [-0.39, 0.29) is 23.4 Å². The maximum atomic E-state index is 13.2. The summed E-state index contributed by atoms with van der Waals surface area (Å²) < 4.78 is 34.3. The molecule has 1 unspecified atom stereocenters. The summed E-state index contributed by atoms with van der Waals surface area (Å²) >= 11 is 0. The minimum absolute atomic E-state index is 0.0357. The molecule has 168 valence electrons. The van der Waals surface area contributed by atoms with Gasteiger partial charge in [0.05, 0.1) is 25.0 Å². The van der Waals surface area contributed by atoms with Crippen molar-refractivity contribution in [3.63, 3.8) is 0 Å². The highest BCUT2D eigenvalue weighted by atomic mass is 32.2. The van der Waals surface area contributed by atoms with Crippen molar-refractivity contribution in [3.8, 4) is 5.75 Å². The third kappa shape index (κ3) is 4.40. The highest BCUT2D eigenvalue weighted by molar-refractivity contribution is 7.89. The van der Waals surface area contributed by atoms with Crippen LogP contribution in [0.4, 0.5) is 5.69 Å². The topological polar surface area (TPSA) is 88.0 Å². The first-order chi connectivity index (χ1) is 14.9. The number of piperazine rings is 1. The van der Waals surface area contributed by atoms with Crippen LogP contribution in [-0.2, 0) is 21.9 Å². The normalized spacial score (nSPS) is 20.6. The number of sulfonamides is 1. The summed E-state index contributed by atoms with van der Waals surface area (Å²) in [4.78, 5) is 21.3. The molecule has 4 rings (SSSR count). The molecule has 2 saturated heterocycles. The van der Waals surface area contributed by atoms with Crippen molar-refractivity contribution in [1.82, 2.24) is 18.8 Å². The smallest absolute Gasteiger partial charge is 0.262 e. The summed E-state index contributed by atoms with van der Waals surface area (Å²) in [6.45, 7) is 3.29. The van der Waals surface area contributed by atoms with Gasteiger partial charge in [-0.15, -0.1) is 0 Å². The van der Waals surface area contributed by atoms with Gasteiger partial charge in [-0.05, 0) is 25.0 Å². The summed E-state index contributed by atoms with van der Waals surface area (Å²) in [6, 6.07) is 7.88. The number of imidazole rings is 1. The van der Waals surface area contributed by atoms with Gasteiger partial charge < -0.3 is 19.1 Å². The molecule has 2 fully saturated rings. The van der Waals surface area contributed by atoms with Crippen LogP contribution in [-0.4, -0.2) is 79.5 Å². The Labute approximate surface area is 183 Å². The van der Waals surface area contributed by atoms with Crippen LogP contribution in [0.15, 0.2) is 41.8 Å². The summed E-state index contributed by atoms with van der Waals surface area (Å²) in [5.41, 5.74) is 1.03. The molecule has 2 aromatic rings. The van der Waals surface area contributed by atoms with E-state index in [0.29, 0.717) is 32.5 Å². The lowest BCUT2D eigenvalue weighted by molar-refractivity contribution is -0.137.